The van der Waals surface area contributed by atoms with E-state index in [1.807, 2.05) is 20.8 Å². The minimum atomic E-state index is -0.121. The summed E-state index contributed by atoms with van der Waals surface area (Å²) in [4.78, 5) is 18.8. The zero-order valence-electron chi connectivity index (χ0n) is 10.9. The molecule has 0 bridgehead atoms. The second-order valence-electron chi connectivity index (χ2n) is 4.33. The lowest BCUT2D eigenvalue weighted by Gasteiger charge is -2.21. The molecule has 0 aliphatic heterocycles. The molecule has 2 atom stereocenters. The Kier molecular flexibility index (Phi) is 4.84. The maximum absolute atomic E-state index is 11.9. The topological polar surface area (TPSA) is 78.0 Å². The van der Waals surface area contributed by atoms with E-state index in [-0.39, 0.29) is 24.2 Å². The van der Waals surface area contributed by atoms with Gasteiger partial charge in [-0.15, -0.1) is 0 Å². The summed E-state index contributed by atoms with van der Waals surface area (Å²) in [6.45, 7) is 7.56. The highest BCUT2D eigenvalue weighted by atomic mass is 16.3. The van der Waals surface area contributed by atoms with Gasteiger partial charge >= 0.3 is 0 Å². The Bertz CT molecular complexity index is 424. The number of aliphatic hydroxyl groups is 1. The number of H-pyrrole nitrogens is 1. The van der Waals surface area contributed by atoms with Gasteiger partial charge in [-0.25, -0.2) is 4.98 Å². The van der Waals surface area contributed by atoms with E-state index >= 15 is 0 Å². The second kappa shape index (κ2) is 5.93. The van der Waals surface area contributed by atoms with E-state index < -0.39 is 0 Å². The molecule has 0 spiro atoms. The van der Waals surface area contributed by atoms with Gasteiger partial charge in [0, 0.05) is 17.8 Å². The van der Waals surface area contributed by atoms with Crippen molar-refractivity contribution in [3.05, 3.63) is 27.4 Å². The molecule has 0 amide bonds. The third kappa shape index (κ3) is 3.38. The monoisotopic (exact) mass is 239 g/mol. The summed E-state index contributed by atoms with van der Waals surface area (Å²) in [7, 11) is 0. The average molecular weight is 239 g/mol. The van der Waals surface area contributed by atoms with E-state index in [1.165, 1.54) is 0 Å². The third-order valence-electron chi connectivity index (χ3n) is 2.90. The summed E-state index contributed by atoms with van der Waals surface area (Å²) in [5.41, 5.74) is 1.27. The van der Waals surface area contributed by atoms with Crippen molar-refractivity contribution in [1.82, 2.24) is 15.3 Å². The Labute approximate surface area is 101 Å². The largest absolute Gasteiger partial charge is 0.395 e. The predicted octanol–water partition coefficient (Wildman–Crippen LogP) is 0.808. The minimum absolute atomic E-state index is 0.00473. The number of aromatic amines is 1. The lowest BCUT2D eigenvalue weighted by Crippen LogP contribution is -2.37. The third-order valence-corrected chi connectivity index (χ3v) is 2.90. The van der Waals surface area contributed by atoms with Crippen LogP contribution in [-0.2, 0) is 0 Å². The van der Waals surface area contributed by atoms with E-state index in [9.17, 15) is 4.79 Å². The van der Waals surface area contributed by atoms with Gasteiger partial charge in [-0.3, -0.25) is 4.79 Å². The van der Waals surface area contributed by atoms with Crippen molar-refractivity contribution in [3.8, 4) is 0 Å². The minimum Gasteiger partial charge on any atom is -0.395 e. The highest BCUT2D eigenvalue weighted by Gasteiger charge is 2.17. The van der Waals surface area contributed by atoms with Crippen LogP contribution in [0.1, 0.15) is 43.4 Å². The summed E-state index contributed by atoms with van der Waals surface area (Å²) in [6, 6.07) is -0.117. The van der Waals surface area contributed by atoms with E-state index in [4.69, 9.17) is 5.11 Å². The van der Waals surface area contributed by atoms with Gasteiger partial charge in [0.15, 0.2) is 0 Å². The first-order valence-corrected chi connectivity index (χ1v) is 5.93. The zero-order valence-corrected chi connectivity index (χ0v) is 10.9. The maximum atomic E-state index is 11.9. The van der Waals surface area contributed by atoms with Crippen LogP contribution < -0.4 is 10.9 Å². The number of rotatable bonds is 5. The normalized spacial score (nSPS) is 14.6. The van der Waals surface area contributed by atoms with E-state index in [1.54, 1.807) is 6.92 Å². The Balaban J connectivity index is 2.96. The summed E-state index contributed by atoms with van der Waals surface area (Å²) >= 11 is 0. The van der Waals surface area contributed by atoms with Gasteiger partial charge in [-0.2, -0.15) is 0 Å². The van der Waals surface area contributed by atoms with Gasteiger partial charge < -0.3 is 15.4 Å². The highest BCUT2D eigenvalue weighted by Crippen LogP contribution is 2.12. The number of aryl methyl sites for hydroxylation is 2. The van der Waals surface area contributed by atoms with Crippen molar-refractivity contribution in [1.29, 1.82) is 0 Å². The van der Waals surface area contributed by atoms with Gasteiger partial charge in [-0.1, -0.05) is 6.92 Å². The standard InChI is InChI=1S/C12H21N3O2/c1-5-10(6-16)14-8(3)11-7(2)13-9(4)15-12(11)17/h8,10,14,16H,5-6H2,1-4H3,(H,13,15,17)/t8?,10-/m0/s1. The fourth-order valence-electron chi connectivity index (χ4n) is 1.98. The molecular weight excluding hydrogens is 218 g/mol. The molecule has 1 aromatic rings. The number of hydrogen-bond donors (Lipinski definition) is 3. The van der Waals surface area contributed by atoms with Crippen molar-refractivity contribution in [2.45, 2.75) is 46.2 Å². The summed E-state index contributed by atoms with van der Waals surface area (Å²) in [6.07, 6.45) is 0.817. The molecule has 0 fully saturated rings. The van der Waals surface area contributed by atoms with Crippen molar-refractivity contribution in [3.63, 3.8) is 0 Å². The number of nitrogens with zero attached hydrogens (tertiary/aromatic N) is 1. The van der Waals surface area contributed by atoms with Crippen LogP contribution >= 0.6 is 0 Å². The molecular formula is C12H21N3O2. The first kappa shape index (κ1) is 13.9. The van der Waals surface area contributed by atoms with Gasteiger partial charge in [0.2, 0.25) is 0 Å². The van der Waals surface area contributed by atoms with Crippen LogP contribution in [0.25, 0.3) is 0 Å². The van der Waals surface area contributed by atoms with E-state index in [0.717, 1.165) is 12.1 Å². The van der Waals surface area contributed by atoms with Crippen LogP contribution in [-0.4, -0.2) is 27.7 Å². The molecule has 5 nitrogen and oxygen atoms in total. The van der Waals surface area contributed by atoms with Crippen LogP contribution in [0, 0.1) is 13.8 Å². The molecule has 3 N–H and O–H groups in total. The zero-order chi connectivity index (χ0) is 13.0. The molecule has 5 heteroatoms. The number of aromatic nitrogens is 2. The Morgan fingerprint density at radius 3 is 2.59 bits per heavy atom. The molecule has 0 aliphatic rings. The van der Waals surface area contributed by atoms with Crippen molar-refractivity contribution < 1.29 is 5.11 Å². The Morgan fingerprint density at radius 1 is 1.47 bits per heavy atom. The molecule has 1 rings (SSSR count). The Hall–Kier alpha value is -1.20. The van der Waals surface area contributed by atoms with Crippen LogP contribution in [0.2, 0.25) is 0 Å². The first-order valence-electron chi connectivity index (χ1n) is 5.93. The van der Waals surface area contributed by atoms with Gasteiger partial charge in [0.05, 0.1) is 12.2 Å². The number of nitrogens with one attached hydrogen (secondary N) is 2. The summed E-state index contributed by atoms with van der Waals surface area (Å²) in [5.74, 6) is 0.623. The van der Waals surface area contributed by atoms with Crippen molar-refractivity contribution in [2.75, 3.05) is 6.61 Å². The second-order valence-corrected chi connectivity index (χ2v) is 4.33. The van der Waals surface area contributed by atoms with E-state index in [2.05, 4.69) is 15.3 Å². The van der Waals surface area contributed by atoms with Gasteiger partial charge in [0.1, 0.15) is 5.82 Å². The van der Waals surface area contributed by atoms with Crippen LogP contribution in [0.5, 0.6) is 0 Å². The number of hydrogen-bond acceptors (Lipinski definition) is 4. The highest BCUT2D eigenvalue weighted by molar-refractivity contribution is 5.20. The fourth-order valence-corrected chi connectivity index (χ4v) is 1.98. The maximum Gasteiger partial charge on any atom is 0.255 e. The molecule has 0 aromatic carbocycles. The summed E-state index contributed by atoms with van der Waals surface area (Å²) in [5, 5.41) is 12.4. The van der Waals surface area contributed by atoms with E-state index in [0.29, 0.717) is 11.4 Å². The molecule has 0 radical (unpaired) electrons. The molecule has 1 unspecified atom stereocenters. The van der Waals surface area contributed by atoms with Crippen LogP contribution in [0.4, 0.5) is 0 Å². The molecule has 0 aliphatic carbocycles. The lowest BCUT2D eigenvalue weighted by atomic mass is 10.1. The smallest absolute Gasteiger partial charge is 0.255 e. The molecule has 0 saturated heterocycles. The molecule has 96 valence electrons. The average Bonchev–Trinajstić information content (AvgIpc) is 2.24. The van der Waals surface area contributed by atoms with Gasteiger partial charge in [0.25, 0.3) is 5.56 Å². The molecule has 1 heterocycles. The van der Waals surface area contributed by atoms with Crippen molar-refractivity contribution >= 4 is 0 Å². The summed E-state index contributed by atoms with van der Waals surface area (Å²) < 4.78 is 0. The first-order chi connectivity index (χ1) is 7.99. The quantitative estimate of drug-likeness (QED) is 0.710. The number of aliphatic hydroxyl groups excluding tert-OH is 1. The van der Waals surface area contributed by atoms with Crippen LogP contribution in [0.3, 0.4) is 0 Å². The Morgan fingerprint density at radius 2 is 2.12 bits per heavy atom. The predicted molar refractivity (Wildman–Crippen MR) is 67.0 cm³/mol. The van der Waals surface area contributed by atoms with Crippen LogP contribution in [0.15, 0.2) is 4.79 Å². The van der Waals surface area contributed by atoms with Gasteiger partial charge in [-0.05, 0) is 27.2 Å². The molecule has 17 heavy (non-hydrogen) atoms. The SMILES string of the molecule is CC[C@@H](CO)NC(C)c1c(C)nc(C)[nH]c1=O. The molecule has 0 saturated carbocycles. The molecule has 1 aromatic heterocycles. The van der Waals surface area contributed by atoms with Crippen molar-refractivity contribution in [2.24, 2.45) is 0 Å². The fraction of sp³-hybridized carbons (Fsp3) is 0.667. The lowest BCUT2D eigenvalue weighted by molar-refractivity contribution is 0.229.